The number of amides is 2. The Labute approximate surface area is 183 Å². The van der Waals surface area contributed by atoms with Crippen LogP contribution in [0.2, 0.25) is 0 Å². The number of hydrogen-bond acceptors (Lipinski definition) is 5. The van der Waals surface area contributed by atoms with Crippen LogP contribution in [0.25, 0.3) is 0 Å². The fourth-order valence-electron chi connectivity index (χ4n) is 3.11. The Bertz CT molecular complexity index is 1290. The number of hydrogen-bond donors (Lipinski definition) is 2. The van der Waals surface area contributed by atoms with E-state index in [1.54, 1.807) is 78.6 Å². The van der Waals surface area contributed by atoms with Gasteiger partial charge in [0.05, 0.1) is 6.26 Å². The molecule has 0 aliphatic rings. The number of furan rings is 1. The van der Waals surface area contributed by atoms with E-state index in [9.17, 15) is 14.4 Å². The van der Waals surface area contributed by atoms with Crippen LogP contribution in [0.15, 0.2) is 77.7 Å². The molecule has 0 aliphatic heterocycles. The van der Waals surface area contributed by atoms with Gasteiger partial charge in [0.1, 0.15) is 0 Å². The average molecular weight is 428 g/mol. The van der Waals surface area contributed by atoms with Crippen LogP contribution in [-0.4, -0.2) is 27.1 Å². The molecular formula is C24H20N4O4. The lowest BCUT2D eigenvalue weighted by Crippen LogP contribution is -2.15. The standard InChI is InChI=1S/C24H20N4O4/c1-15-5-6-17(14-19(15)27-24(31)20-4-3-13-32-20)23(30)26-18-9-7-16(8-10-18)21(29)22-25-11-12-28(22)2/h3-14H,1-2H3,(H,26,30)(H,27,31). The first kappa shape index (κ1) is 20.8. The van der Waals surface area contributed by atoms with E-state index in [2.05, 4.69) is 15.6 Å². The molecule has 2 amide bonds. The molecule has 8 nitrogen and oxygen atoms in total. The number of imidazole rings is 1. The predicted molar refractivity (Wildman–Crippen MR) is 119 cm³/mol. The van der Waals surface area contributed by atoms with Gasteiger partial charge in [-0.25, -0.2) is 4.98 Å². The van der Waals surface area contributed by atoms with Gasteiger partial charge in [-0.05, 0) is 61.0 Å². The van der Waals surface area contributed by atoms with Gasteiger partial charge in [0.15, 0.2) is 11.6 Å². The van der Waals surface area contributed by atoms with Gasteiger partial charge in [-0.3, -0.25) is 14.4 Å². The van der Waals surface area contributed by atoms with Crippen molar-refractivity contribution in [2.24, 2.45) is 7.05 Å². The van der Waals surface area contributed by atoms with Crippen molar-refractivity contribution in [1.82, 2.24) is 9.55 Å². The second-order valence-corrected chi connectivity index (χ2v) is 7.18. The van der Waals surface area contributed by atoms with Crippen molar-refractivity contribution in [3.05, 3.63) is 102 Å². The number of carbonyl (C=O) groups excluding carboxylic acids is 3. The van der Waals surface area contributed by atoms with Crippen molar-refractivity contribution >= 4 is 29.0 Å². The Hall–Kier alpha value is -4.46. The number of nitrogens with zero attached hydrogens (tertiary/aromatic N) is 2. The van der Waals surface area contributed by atoms with E-state index in [-0.39, 0.29) is 17.5 Å². The Kier molecular flexibility index (Phi) is 5.67. The number of aryl methyl sites for hydroxylation is 2. The highest BCUT2D eigenvalue weighted by molar-refractivity contribution is 6.08. The summed E-state index contributed by atoms with van der Waals surface area (Å²) in [6, 6.07) is 14.8. The number of ketones is 1. The molecule has 0 radical (unpaired) electrons. The van der Waals surface area contributed by atoms with Gasteiger partial charge in [0.25, 0.3) is 11.8 Å². The van der Waals surface area contributed by atoms with E-state index < -0.39 is 5.91 Å². The minimum Gasteiger partial charge on any atom is -0.459 e. The maximum absolute atomic E-state index is 12.7. The molecule has 0 atom stereocenters. The summed E-state index contributed by atoms with van der Waals surface area (Å²) in [4.78, 5) is 41.5. The van der Waals surface area contributed by atoms with Crippen LogP contribution in [0, 0.1) is 6.92 Å². The maximum atomic E-state index is 12.7. The summed E-state index contributed by atoms with van der Waals surface area (Å²) in [5.41, 5.74) is 2.69. The Balaban J connectivity index is 1.46. The minimum absolute atomic E-state index is 0.180. The van der Waals surface area contributed by atoms with Gasteiger partial charge in [-0.2, -0.15) is 0 Å². The van der Waals surface area contributed by atoms with Crippen molar-refractivity contribution in [3.8, 4) is 0 Å². The molecule has 2 heterocycles. The molecule has 0 fully saturated rings. The van der Waals surface area contributed by atoms with Crippen molar-refractivity contribution in [3.63, 3.8) is 0 Å². The normalized spacial score (nSPS) is 10.6. The third-order valence-electron chi connectivity index (χ3n) is 4.92. The summed E-state index contributed by atoms with van der Waals surface area (Å²) < 4.78 is 6.75. The molecule has 160 valence electrons. The van der Waals surface area contributed by atoms with Gasteiger partial charge in [-0.1, -0.05) is 6.07 Å². The first-order valence-electron chi connectivity index (χ1n) is 9.81. The second kappa shape index (κ2) is 8.73. The topological polar surface area (TPSA) is 106 Å². The predicted octanol–water partition coefficient (Wildman–Crippen LogP) is 4.06. The number of aromatic nitrogens is 2. The Morgan fingerprint density at radius 2 is 1.69 bits per heavy atom. The fourth-order valence-corrected chi connectivity index (χ4v) is 3.11. The molecular weight excluding hydrogens is 408 g/mol. The zero-order valence-corrected chi connectivity index (χ0v) is 17.5. The van der Waals surface area contributed by atoms with E-state index >= 15 is 0 Å². The first-order valence-corrected chi connectivity index (χ1v) is 9.81. The lowest BCUT2D eigenvalue weighted by atomic mass is 10.1. The van der Waals surface area contributed by atoms with Crippen LogP contribution in [0.4, 0.5) is 11.4 Å². The van der Waals surface area contributed by atoms with E-state index in [0.29, 0.717) is 28.3 Å². The number of benzene rings is 2. The van der Waals surface area contributed by atoms with Gasteiger partial charge in [0, 0.05) is 41.9 Å². The quantitative estimate of drug-likeness (QED) is 0.451. The van der Waals surface area contributed by atoms with E-state index in [1.807, 2.05) is 6.92 Å². The summed E-state index contributed by atoms with van der Waals surface area (Å²) in [5.74, 6) is -0.429. The molecule has 32 heavy (non-hydrogen) atoms. The van der Waals surface area contributed by atoms with Crippen LogP contribution >= 0.6 is 0 Å². The van der Waals surface area contributed by atoms with Gasteiger partial charge >= 0.3 is 0 Å². The van der Waals surface area contributed by atoms with Gasteiger partial charge in [0.2, 0.25) is 5.78 Å². The number of nitrogens with one attached hydrogen (secondary N) is 2. The summed E-state index contributed by atoms with van der Waals surface area (Å²) in [7, 11) is 1.75. The molecule has 2 N–H and O–H groups in total. The molecule has 0 aliphatic carbocycles. The van der Waals surface area contributed by atoms with Crippen LogP contribution in [-0.2, 0) is 7.05 Å². The monoisotopic (exact) mass is 428 g/mol. The number of carbonyl (C=O) groups is 3. The lowest BCUT2D eigenvalue weighted by molar-refractivity contribution is 0.0992. The minimum atomic E-state index is -0.399. The van der Waals surface area contributed by atoms with E-state index in [1.165, 1.54) is 6.26 Å². The highest BCUT2D eigenvalue weighted by Gasteiger charge is 2.15. The maximum Gasteiger partial charge on any atom is 0.291 e. The van der Waals surface area contributed by atoms with E-state index in [4.69, 9.17) is 4.42 Å². The zero-order chi connectivity index (χ0) is 22.7. The number of anilines is 2. The van der Waals surface area contributed by atoms with E-state index in [0.717, 1.165) is 5.56 Å². The molecule has 8 heteroatoms. The van der Waals surface area contributed by atoms with Crippen molar-refractivity contribution in [2.75, 3.05) is 10.6 Å². The molecule has 4 rings (SSSR count). The third kappa shape index (κ3) is 4.34. The zero-order valence-electron chi connectivity index (χ0n) is 17.5. The molecule has 0 unspecified atom stereocenters. The largest absolute Gasteiger partial charge is 0.459 e. The van der Waals surface area contributed by atoms with Crippen LogP contribution < -0.4 is 10.6 Å². The SMILES string of the molecule is Cc1ccc(C(=O)Nc2ccc(C(=O)c3nccn3C)cc2)cc1NC(=O)c1ccco1. The van der Waals surface area contributed by atoms with Crippen LogP contribution in [0.1, 0.15) is 42.7 Å². The molecule has 4 aromatic rings. The summed E-state index contributed by atoms with van der Waals surface area (Å²) >= 11 is 0. The first-order chi connectivity index (χ1) is 15.4. The summed E-state index contributed by atoms with van der Waals surface area (Å²) in [5, 5.41) is 5.55. The fraction of sp³-hybridized carbons (Fsp3) is 0.0833. The van der Waals surface area contributed by atoms with Crippen molar-refractivity contribution in [1.29, 1.82) is 0 Å². The van der Waals surface area contributed by atoms with Crippen LogP contribution in [0.5, 0.6) is 0 Å². The average Bonchev–Trinajstić information content (AvgIpc) is 3.47. The number of rotatable bonds is 6. The molecule has 0 saturated heterocycles. The smallest absolute Gasteiger partial charge is 0.291 e. The second-order valence-electron chi connectivity index (χ2n) is 7.18. The third-order valence-corrected chi connectivity index (χ3v) is 4.92. The molecule has 2 aromatic carbocycles. The molecule has 0 saturated carbocycles. The van der Waals surface area contributed by atoms with Gasteiger partial charge in [-0.15, -0.1) is 0 Å². The Morgan fingerprint density at radius 3 is 2.34 bits per heavy atom. The molecule has 0 spiro atoms. The highest BCUT2D eigenvalue weighted by atomic mass is 16.3. The summed E-state index contributed by atoms with van der Waals surface area (Å²) in [6.45, 7) is 1.83. The highest BCUT2D eigenvalue weighted by Crippen LogP contribution is 2.20. The van der Waals surface area contributed by atoms with Crippen LogP contribution in [0.3, 0.4) is 0 Å². The van der Waals surface area contributed by atoms with Crippen molar-refractivity contribution < 1.29 is 18.8 Å². The Morgan fingerprint density at radius 1 is 0.938 bits per heavy atom. The van der Waals surface area contributed by atoms with Crippen molar-refractivity contribution in [2.45, 2.75) is 6.92 Å². The lowest BCUT2D eigenvalue weighted by Gasteiger charge is -2.11. The molecule has 2 aromatic heterocycles. The molecule has 0 bridgehead atoms. The van der Waals surface area contributed by atoms with Gasteiger partial charge < -0.3 is 19.6 Å². The summed E-state index contributed by atoms with van der Waals surface area (Å²) in [6.07, 6.45) is 4.68.